The van der Waals surface area contributed by atoms with Crippen molar-refractivity contribution in [2.45, 2.75) is 51.7 Å². The Labute approximate surface area is 148 Å². The number of amides is 1. The quantitative estimate of drug-likeness (QED) is 0.856. The number of fused-ring (bicyclic) bond motifs is 1. The SMILES string of the molecule is CC1(C)OB(c2cccc3[nH]c(C(=O)N4CCCC4)cc23)OC1(C)C. The highest BCUT2D eigenvalue weighted by molar-refractivity contribution is 6.65. The zero-order chi connectivity index (χ0) is 17.8. The average molecular weight is 340 g/mol. The first-order valence-electron chi connectivity index (χ1n) is 9.05. The van der Waals surface area contributed by atoms with Gasteiger partial charge in [-0.3, -0.25) is 4.79 Å². The third-order valence-corrected chi connectivity index (χ3v) is 5.83. The summed E-state index contributed by atoms with van der Waals surface area (Å²) in [7, 11) is -0.431. The van der Waals surface area contributed by atoms with E-state index in [4.69, 9.17) is 9.31 Å². The van der Waals surface area contributed by atoms with Gasteiger partial charge in [0.2, 0.25) is 0 Å². The van der Waals surface area contributed by atoms with Crippen molar-refractivity contribution in [2.24, 2.45) is 0 Å². The molecular weight excluding hydrogens is 315 g/mol. The molecule has 132 valence electrons. The van der Waals surface area contributed by atoms with Gasteiger partial charge < -0.3 is 19.2 Å². The Hall–Kier alpha value is -1.79. The molecule has 0 atom stereocenters. The van der Waals surface area contributed by atoms with Crippen LogP contribution in [0.2, 0.25) is 0 Å². The Kier molecular flexibility index (Phi) is 3.74. The molecule has 6 heteroatoms. The Bertz CT molecular complexity index is 805. The Morgan fingerprint density at radius 3 is 2.40 bits per heavy atom. The van der Waals surface area contributed by atoms with E-state index < -0.39 is 7.12 Å². The first-order chi connectivity index (χ1) is 11.8. The van der Waals surface area contributed by atoms with E-state index in [1.165, 1.54) is 0 Å². The van der Waals surface area contributed by atoms with Crippen LogP contribution >= 0.6 is 0 Å². The van der Waals surface area contributed by atoms with E-state index >= 15 is 0 Å². The lowest BCUT2D eigenvalue weighted by Crippen LogP contribution is -2.41. The minimum atomic E-state index is -0.431. The lowest BCUT2D eigenvalue weighted by atomic mass is 9.77. The average Bonchev–Trinajstić information content (AvgIpc) is 3.25. The van der Waals surface area contributed by atoms with Crippen LogP contribution in [0.15, 0.2) is 24.3 Å². The number of H-pyrrole nitrogens is 1. The molecule has 2 saturated heterocycles. The summed E-state index contributed by atoms with van der Waals surface area (Å²) < 4.78 is 12.4. The van der Waals surface area contributed by atoms with Gasteiger partial charge in [-0.25, -0.2) is 0 Å². The van der Waals surface area contributed by atoms with Crippen molar-refractivity contribution in [3.05, 3.63) is 30.0 Å². The molecule has 0 bridgehead atoms. The molecule has 25 heavy (non-hydrogen) atoms. The van der Waals surface area contributed by atoms with Gasteiger partial charge in [0.05, 0.1) is 11.2 Å². The highest BCUT2D eigenvalue weighted by atomic mass is 16.7. The number of likely N-dealkylation sites (tertiary alicyclic amines) is 1. The molecule has 0 radical (unpaired) electrons. The topological polar surface area (TPSA) is 54.6 Å². The number of aromatic amines is 1. The lowest BCUT2D eigenvalue weighted by molar-refractivity contribution is 0.00578. The van der Waals surface area contributed by atoms with Crippen molar-refractivity contribution in [3.8, 4) is 0 Å². The highest BCUT2D eigenvalue weighted by Gasteiger charge is 2.52. The molecule has 2 fully saturated rings. The van der Waals surface area contributed by atoms with Crippen LogP contribution in [0.25, 0.3) is 10.9 Å². The van der Waals surface area contributed by atoms with Crippen LogP contribution in [0.4, 0.5) is 0 Å². The smallest absolute Gasteiger partial charge is 0.399 e. The first-order valence-corrected chi connectivity index (χ1v) is 9.05. The maximum atomic E-state index is 12.7. The number of nitrogens with one attached hydrogen (secondary N) is 1. The van der Waals surface area contributed by atoms with Crippen molar-refractivity contribution in [1.82, 2.24) is 9.88 Å². The standard InChI is InChI=1S/C19H25BN2O3/c1-18(2)19(3,4)25-20(24-18)14-8-7-9-15-13(14)12-16(21-15)17(23)22-10-5-6-11-22/h7-9,12,21H,5-6,10-11H2,1-4H3. The molecule has 2 aliphatic heterocycles. The molecule has 2 aromatic rings. The van der Waals surface area contributed by atoms with Gasteiger partial charge in [-0.15, -0.1) is 0 Å². The van der Waals surface area contributed by atoms with E-state index in [2.05, 4.69) is 4.98 Å². The third-order valence-electron chi connectivity index (χ3n) is 5.83. The van der Waals surface area contributed by atoms with E-state index in [0.717, 1.165) is 42.3 Å². The van der Waals surface area contributed by atoms with E-state index in [-0.39, 0.29) is 17.1 Å². The predicted octanol–water partition coefficient (Wildman–Crippen LogP) is 2.70. The zero-order valence-electron chi connectivity index (χ0n) is 15.4. The van der Waals surface area contributed by atoms with Crippen LogP contribution in [0.5, 0.6) is 0 Å². The molecule has 1 aromatic carbocycles. The summed E-state index contributed by atoms with van der Waals surface area (Å²) in [5.74, 6) is 0.0774. The molecule has 1 aromatic heterocycles. The molecule has 0 unspecified atom stereocenters. The van der Waals surface area contributed by atoms with Crippen LogP contribution in [0.3, 0.4) is 0 Å². The summed E-state index contributed by atoms with van der Waals surface area (Å²) in [6.45, 7) is 9.88. The third kappa shape index (κ3) is 2.68. The summed E-state index contributed by atoms with van der Waals surface area (Å²) in [6, 6.07) is 7.92. The molecule has 0 saturated carbocycles. The van der Waals surface area contributed by atoms with E-state index in [1.807, 2.05) is 56.9 Å². The summed E-state index contributed by atoms with van der Waals surface area (Å²) >= 11 is 0. The summed E-state index contributed by atoms with van der Waals surface area (Å²) in [5, 5.41) is 0.989. The van der Waals surface area contributed by atoms with Gasteiger partial charge in [0, 0.05) is 18.6 Å². The van der Waals surface area contributed by atoms with E-state index in [9.17, 15) is 4.79 Å². The van der Waals surface area contributed by atoms with Gasteiger partial charge in [0.15, 0.2) is 0 Å². The number of nitrogens with zero attached hydrogens (tertiary/aromatic N) is 1. The number of aromatic nitrogens is 1. The van der Waals surface area contributed by atoms with E-state index in [0.29, 0.717) is 5.69 Å². The Morgan fingerprint density at radius 1 is 1.12 bits per heavy atom. The van der Waals surface area contributed by atoms with E-state index in [1.54, 1.807) is 0 Å². The van der Waals surface area contributed by atoms with Crippen LogP contribution in [0.1, 0.15) is 51.0 Å². The minimum absolute atomic E-state index is 0.0774. The van der Waals surface area contributed by atoms with Crippen LogP contribution in [-0.2, 0) is 9.31 Å². The van der Waals surface area contributed by atoms with Gasteiger partial charge in [-0.1, -0.05) is 12.1 Å². The fourth-order valence-electron chi connectivity index (χ4n) is 3.56. The Balaban J connectivity index is 1.70. The molecule has 0 spiro atoms. The van der Waals surface area contributed by atoms with Crippen LogP contribution in [0, 0.1) is 0 Å². The molecule has 5 nitrogen and oxygen atoms in total. The normalized spacial score (nSPS) is 22.1. The minimum Gasteiger partial charge on any atom is -0.399 e. The monoisotopic (exact) mass is 340 g/mol. The summed E-state index contributed by atoms with van der Waals surface area (Å²) in [4.78, 5) is 17.9. The van der Waals surface area contributed by atoms with Crippen molar-refractivity contribution in [1.29, 1.82) is 0 Å². The summed E-state index contributed by atoms with van der Waals surface area (Å²) in [5.41, 5.74) is 1.78. The molecular formula is C19H25BN2O3. The van der Waals surface area contributed by atoms with Gasteiger partial charge >= 0.3 is 7.12 Å². The number of hydrogen-bond donors (Lipinski definition) is 1. The molecule has 1 N–H and O–H groups in total. The summed E-state index contributed by atoms with van der Waals surface area (Å²) in [6.07, 6.45) is 2.18. The van der Waals surface area contributed by atoms with Gasteiger partial charge in [-0.2, -0.15) is 0 Å². The Morgan fingerprint density at radius 2 is 1.76 bits per heavy atom. The first kappa shape index (κ1) is 16.7. The molecule has 3 heterocycles. The van der Waals surface area contributed by atoms with Crippen LogP contribution in [-0.4, -0.2) is 47.2 Å². The molecule has 4 rings (SSSR count). The number of rotatable bonds is 2. The highest BCUT2D eigenvalue weighted by Crippen LogP contribution is 2.37. The van der Waals surface area contributed by atoms with Gasteiger partial charge in [0.1, 0.15) is 5.69 Å². The second kappa shape index (κ2) is 5.61. The van der Waals surface area contributed by atoms with Crippen molar-refractivity contribution in [3.63, 3.8) is 0 Å². The number of carbonyl (C=O) groups is 1. The number of benzene rings is 1. The van der Waals surface area contributed by atoms with Gasteiger partial charge in [-0.05, 0) is 63.5 Å². The largest absolute Gasteiger partial charge is 0.495 e. The predicted molar refractivity (Wildman–Crippen MR) is 99.2 cm³/mol. The lowest BCUT2D eigenvalue weighted by Gasteiger charge is -2.32. The second-order valence-electron chi connectivity index (χ2n) is 8.08. The zero-order valence-corrected chi connectivity index (χ0v) is 15.4. The number of carbonyl (C=O) groups excluding carboxylic acids is 1. The van der Waals surface area contributed by atoms with Crippen LogP contribution < -0.4 is 5.46 Å². The molecule has 2 aliphatic rings. The van der Waals surface area contributed by atoms with Crippen molar-refractivity contribution >= 4 is 29.4 Å². The number of hydrogen-bond acceptors (Lipinski definition) is 3. The van der Waals surface area contributed by atoms with Crippen molar-refractivity contribution in [2.75, 3.05) is 13.1 Å². The fraction of sp³-hybridized carbons (Fsp3) is 0.526. The second-order valence-corrected chi connectivity index (χ2v) is 8.08. The van der Waals surface area contributed by atoms with Crippen molar-refractivity contribution < 1.29 is 14.1 Å². The molecule has 0 aliphatic carbocycles. The maximum absolute atomic E-state index is 12.7. The van der Waals surface area contributed by atoms with Gasteiger partial charge in [0.25, 0.3) is 5.91 Å². The fourth-order valence-corrected chi connectivity index (χ4v) is 3.56. The molecule has 1 amide bonds. The maximum Gasteiger partial charge on any atom is 0.495 e.